The van der Waals surface area contributed by atoms with E-state index in [0.29, 0.717) is 24.9 Å². The Labute approximate surface area is 697 Å². The van der Waals surface area contributed by atoms with Crippen molar-refractivity contribution in [2.45, 2.75) is 156 Å². The molecule has 6 heterocycles. The normalized spacial score (nSPS) is 27.9. The topological polar surface area (TPSA) is 523 Å². The summed E-state index contributed by atoms with van der Waals surface area (Å²) in [5.41, 5.74) is -2.35. The second-order valence-electron chi connectivity index (χ2n) is 32.0. The lowest BCUT2D eigenvalue weighted by Crippen LogP contribution is -2.60. The van der Waals surface area contributed by atoms with Gasteiger partial charge in [-0.15, -0.1) is 0 Å². The number of phenolic OH excluding ortho intramolecular Hbond substituents is 1. The molecule has 6 aromatic rings. The lowest BCUT2D eigenvalue weighted by atomic mass is 9.54. The number of aliphatic hydroxyl groups is 8. The quantitative estimate of drug-likeness (QED) is 0.0358. The van der Waals surface area contributed by atoms with Crippen LogP contribution in [0.3, 0.4) is 0 Å². The van der Waals surface area contributed by atoms with E-state index >= 15 is 28.8 Å². The number of fused-ring (bicyclic) bond motifs is 12. The molecule has 0 spiro atoms. The van der Waals surface area contributed by atoms with Crippen molar-refractivity contribution in [3.05, 3.63) is 152 Å². The molecule has 0 radical (unpaired) electrons. The number of benzene rings is 6. The van der Waals surface area contributed by atoms with E-state index in [9.17, 15) is 60.3 Å². The Balaban J connectivity index is 0.946. The van der Waals surface area contributed by atoms with Crippen LogP contribution in [0.25, 0.3) is 11.1 Å². The Bertz CT molecular complexity index is 4970. The Hall–Kier alpha value is -10.3. The van der Waals surface area contributed by atoms with Gasteiger partial charge in [-0.1, -0.05) is 61.3 Å². The maximum atomic E-state index is 16.6. The van der Waals surface area contributed by atoms with Crippen molar-refractivity contribution < 1.29 is 118 Å². The molecule has 15 bridgehead atoms. The van der Waals surface area contributed by atoms with Crippen LogP contribution >= 0.6 is 23.2 Å². The number of carbonyl (C=O) groups is 9. The zero-order valence-corrected chi connectivity index (χ0v) is 67.2. The molecular formula is C83H95Cl2N11O24. The summed E-state index contributed by atoms with van der Waals surface area (Å²) in [5.74, 6) is -15.8. The van der Waals surface area contributed by atoms with Gasteiger partial charge in [0, 0.05) is 35.8 Å². The average molecular weight is 1700 g/mol. The maximum absolute atomic E-state index is 16.6. The number of rotatable bonds is 21. The summed E-state index contributed by atoms with van der Waals surface area (Å²) in [4.78, 5) is 139. The Morgan fingerprint density at radius 3 is 1.83 bits per heavy atom. The second-order valence-corrected chi connectivity index (χ2v) is 32.8. The van der Waals surface area contributed by atoms with E-state index in [0.717, 1.165) is 68.5 Å². The molecule has 5 aliphatic carbocycles. The molecule has 0 aromatic heterocycles. The first kappa shape index (κ1) is 86.0. The molecular weight excluding hydrogens is 1610 g/mol. The van der Waals surface area contributed by atoms with Crippen molar-refractivity contribution in [3.8, 4) is 57.1 Å². The molecule has 35 nitrogen and oxygen atoms in total. The van der Waals surface area contributed by atoms with E-state index in [2.05, 4.69) is 58.5 Å². The third-order valence-corrected chi connectivity index (χ3v) is 24.0. The minimum atomic E-state index is -2.99. The highest BCUT2D eigenvalue weighted by Gasteiger charge is 2.52. The number of carbonyl (C=O) groups excluding carboxylic acids is 9. The van der Waals surface area contributed by atoms with Crippen molar-refractivity contribution in [1.82, 2.24) is 58.5 Å². The largest absolute Gasteiger partial charge is 0.508 e. The number of ether oxygens (including phenoxy) is 6. The fourth-order valence-corrected chi connectivity index (χ4v) is 18.0. The van der Waals surface area contributed by atoms with Gasteiger partial charge in [-0.05, 0) is 201 Å². The molecule has 17 rings (SSSR count). The summed E-state index contributed by atoms with van der Waals surface area (Å²) >= 11 is 14.3. The van der Waals surface area contributed by atoms with Gasteiger partial charge in [0.05, 0.1) is 29.1 Å². The van der Waals surface area contributed by atoms with E-state index < -0.39 is 191 Å². The number of aliphatic hydroxyl groups excluding tert-OH is 6. The number of hydrogen-bond donors (Lipinski definition) is 20. The average Bonchev–Trinajstić information content (AvgIpc) is 1.55. The molecule has 14 atom stereocenters. The summed E-state index contributed by atoms with van der Waals surface area (Å²) in [6.45, 7) is 3.73. The van der Waals surface area contributed by atoms with Gasteiger partial charge in [-0.25, -0.2) is 0 Å². The zero-order valence-electron chi connectivity index (χ0n) is 65.7. The lowest BCUT2D eigenvalue weighted by Gasteiger charge is -2.54. The smallest absolute Gasteiger partial charge is 0.257 e. The van der Waals surface area contributed by atoms with Crippen LogP contribution in [-0.2, 0) is 48.9 Å². The maximum Gasteiger partial charge on any atom is 0.257 e. The molecule has 37 heteroatoms. The van der Waals surface area contributed by atoms with E-state index in [1.165, 1.54) is 67.7 Å². The first-order chi connectivity index (χ1) is 57.3. The molecule has 640 valence electrons. The Morgan fingerprint density at radius 2 is 1.22 bits per heavy atom. The molecule has 120 heavy (non-hydrogen) atoms. The highest BCUT2D eigenvalue weighted by Crippen LogP contribution is 2.56. The van der Waals surface area contributed by atoms with Crippen LogP contribution in [0, 0.1) is 29.6 Å². The van der Waals surface area contributed by atoms with Crippen molar-refractivity contribution >= 4 is 76.4 Å². The highest BCUT2D eigenvalue weighted by molar-refractivity contribution is 6.32. The van der Waals surface area contributed by atoms with Crippen LogP contribution in [0.1, 0.15) is 138 Å². The predicted octanol–water partition coefficient (Wildman–Crippen LogP) is 1.48. The molecule has 9 amide bonds. The molecule has 1 saturated heterocycles. The van der Waals surface area contributed by atoms with E-state index in [-0.39, 0.29) is 122 Å². The number of hydrogen-bond acceptors (Lipinski definition) is 27. The van der Waals surface area contributed by atoms with Gasteiger partial charge < -0.3 is 128 Å². The number of likely N-dealkylation sites (N-methyl/N-ethyl adjacent to an activating group) is 3. The summed E-state index contributed by atoms with van der Waals surface area (Å²) in [6.07, 6.45) is -10.9. The van der Waals surface area contributed by atoms with Crippen molar-refractivity contribution in [1.29, 1.82) is 0 Å². The molecule has 6 aliphatic heterocycles. The first-order valence-electron chi connectivity index (χ1n) is 39.6. The van der Waals surface area contributed by atoms with Gasteiger partial charge in [-0.2, -0.15) is 0 Å². The number of phenols is 1. The van der Waals surface area contributed by atoms with Gasteiger partial charge in [0.1, 0.15) is 103 Å². The number of amides is 9. The number of imide groups is 1. The third kappa shape index (κ3) is 17.6. The SMILES string of the molecule is CNCCOc1ccc(C(=O)NC(=O)C[C@@H]2NC(=O)[C@H](NC(=O)[C@@H](CC(C)C)NC)[C@H](O)c3ccc(c(Cl)c3)Oc3cc4cc(c3O[C@@H]3O[C@H](CO)[C@@H](O)[C@H](O)[C@H]3O)Oc3ccc(cc3Cl)[C@@H](O)[C@@H]3NC(=O)[C@H](NC(=O)[C@@H]4NC2=O)c2ccc4c(c2)-c2c(cc(O)cc2C4(O)O)[C@@H](C(=O)NC2C4CC5CC(C4)CC2C5)NC3=O)cc1OCCNC. The van der Waals surface area contributed by atoms with Gasteiger partial charge >= 0.3 is 0 Å². The predicted molar refractivity (Wildman–Crippen MR) is 425 cm³/mol. The monoisotopic (exact) mass is 1700 g/mol. The van der Waals surface area contributed by atoms with Gasteiger partial charge in [-0.3, -0.25) is 48.5 Å². The Morgan fingerprint density at radius 1 is 0.608 bits per heavy atom. The van der Waals surface area contributed by atoms with Crippen LogP contribution in [-0.4, -0.2) is 214 Å². The van der Waals surface area contributed by atoms with Gasteiger partial charge in [0.2, 0.25) is 65.1 Å². The minimum absolute atomic E-state index is 0.0731. The van der Waals surface area contributed by atoms with Gasteiger partial charge in [0.25, 0.3) is 5.91 Å². The number of aromatic hydroxyl groups is 1. The summed E-state index contributed by atoms with van der Waals surface area (Å²) in [5, 5.41) is 135. The van der Waals surface area contributed by atoms with Crippen molar-refractivity contribution in [3.63, 3.8) is 0 Å². The molecule has 20 N–H and O–H groups in total. The van der Waals surface area contributed by atoms with Crippen LogP contribution in [0.15, 0.2) is 97.1 Å². The molecule has 4 saturated carbocycles. The number of nitrogens with one attached hydrogen (secondary N) is 11. The zero-order chi connectivity index (χ0) is 85.6. The van der Waals surface area contributed by atoms with Crippen LogP contribution in [0.2, 0.25) is 10.0 Å². The second kappa shape index (κ2) is 35.8. The molecule has 0 unspecified atom stereocenters. The molecule has 11 aliphatic rings. The van der Waals surface area contributed by atoms with E-state index in [4.69, 9.17) is 51.6 Å². The van der Waals surface area contributed by atoms with Crippen molar-refractivity contribution in [2.75, 3.05) is 54.1 Å². The molecule has 5 fully saturated rings. The third-order valence-electron chi connectivity index (χ3n) is 23.4. The van der Waals surface area contributed by atoms with Crippen LogP contribution in [0.4, 0.5) is 0 Å². The molecule has 6 aromatic carbocycles. The van der Waals surface area contributed by atoms with E-state index in [1.807, 2.05) is 13.8 Å². The van der Waals surface area contributed by atoms with E-state index in [1.54, 1.807) is 14.1 Å². The highest BCUT2D eigenvalue weighted by atomic mass is 35.5. The summed E-state index contributed by atoms with van der Waals surface area (Å²) < 4.78 is 37.4. The Kier molecular flexibility index (Phi) is 25.6. The minimum Gasteiger partial charge on any atom is -0.508 e. The van der Waals surface area contributed by atoms with Crippen LogP contribution < -0.4 is 82.2 Å². The lowest BCUT2D eigenvalue weighted by molar-refractivity contribution is -0.277. The standard InChI is InChI=1S/C83H95Cl2N11O24/c1-34(2)18-51(88-5)75(106)95-66-68(100)38-7-11-53(49(84)25-38)117-57-28-43-29-58(73(57)120-82-72(104)71(103)70(102)59(33-97)119-82)118-54-12-8-39(26-50(54)85)69(101)67-81(112)94-65(79(110)91-62-41-20-35-19-36(22-41)23-42(62)21-35)46-30-44(98)31-48-61(46)45-24-37(6-10-47(45)83(48,113)114)63(77(108)96-67)93-78(109)64(43)92-76(107)52(89-80(66)111)32-60(99)90-74(105)40-9-13-55(115-16-14-86-3)56(27-40)116-17-15-87-4/h6-13,24-31,34-36,41-42,51-52,59,62-72,82,86-88,97-98,100-104,113-114H,14-23,32-33H2,1-5H3,(H,89,111)(H,91,110)(H,92,107)(H,93,109)(H,94,112)(H,95,106)(H,96,108)(H,90,99,105)/t35?,36?,41?,42?,51-,52+,59-,62?,63-,64-,65+,66-,67+,68-,69-,70-,71+,72-,82+/m1/s1. The summed E-state index contributed by atoms with van der Waals surface area (Å²) in [6, 6.07) is 4.54. The summed E-state index contributed by atoms with van der Waals surface area (Å²) in [7, 11) is 4.88. The van der Waals surface area contributed by atoms with Gasteiger partial charge in [0.15, 0.2) is 23.0 Å². The fourth-order valence-electron chi connectivity index (χ4n) is 17.6. The fraction of sp³-hybridized carbons (Fsp3) is 0.458. The van der Waals surface area contributed by atoms with Crippen LogP contribution in [0.5, 0.6) is 46.0 Å². The van der Waals surface area contributed by atoms with Crippen molar-refractivity contribution in [2.24, 2.45) is 29.6 Å². The first-order valence-corrected chi connectivity index (χ1v) is 40.3. The number of halogens is 2.